The number of alkyl halides is 3. The Balaban J connectivity index is 1.70. The number of fused-ring (bicyclic) bond motifs is 1. The largest absolute Gasteiger partial charge is 0.573 e. The van der Waals surface area contributed by atoms with Crippen LogP contribution in [-0.4, -0.2) is 30.1 Å². The lowest BCUT2D eigenvalue weighted by atomic mass is 10.1. The molecule has 0 aliphatic carbocycles. The van der Waals surface area contributed by atoms with Crippen LogP contribution in [0.1, 0.15) is 0 Å². The highest BCUT2D eigenvalue weighted by molar-refractivity contribution is 7.99. The van der Waals surface area contributed by atoms with E-state index in [9.17, 15) is 21.6 Å². The number of halogens is 3. The van der Waals surface area contributed by atoms with E-state index in [1.807, 2.05) is 10.8 Å². The third-order valence-electron chi connectivity index (χ3n) is 4.11. The summed E-state index contributed by atoms with van der Waals surface area (Å²) in [6.07, 6.45) is -3.19. The molecule has 0 saturated heterocycles. The van der Waals surface area contributed by atoms with E-state index in [1.54, 1.807) is 30.0 Å². The quantitative estimate of drug-likeness (QED) is 0.637. The molecule has 11 heteroatoms. The minimum absolute atomic E-state index is 0.205. The smallest absolute Gasteiger partial charge is 0.404 e. The van der Waals surface area contributed by atoms with E-state index in [1.165, 1.54) is 18.2 Å². The van der Waals surface area contributed by atoms with Gasteiger partial charge in [-0.15, -0.1) is 13.2 Å². The van der Waals surface area contributed by atoms with Gasteiger partial charge in [0.1, 0.15) is 10.6 Å². The summed E-state index contributed by atoms with van der Waals surface area (Å²) < 4.78 is 71.8. The van der Waals surface area contributed by atoms with E-state index in [2.05, 4.69) is 14.4 Å². The van der Waals surface area contributed by atoms with Gasteiger partial charge in [0.25, 0.3) is 10.0 Å². The van der Waals surface area contributed by atoms with E-state index >= 15 is 0 Å². The van der Waals surface area contributed by atoms with E-state index in [0.717, 1.165) is 29.6 Å². The number of nitrogens with zero attached hydrogens (tertiary/aromatic N) is 2. The lowest BCUT2D eigenvalue weighted by Gasteiger charge is -2.15. The number of hydrogen-bond donors (Lipinski definition) is 1. The summed E-state index contributed by atoms with van der Waals surface area (Å²) in [4.78, 5) is 3.89. The molecule has 3 aromatic rings. The molecule has 1 aromatic heterocycles. The third kappa shape index (κ3) is 4.20. The van der Waals surface area contributed by atoms with Gasteiger partial charge in [0, 0.05) is 24.1 Å². The molecule has 29 heavy (non-hydrogen) atoms. The van der Waals surface area contributed by atoms with Crippen LogP contribution in [0.15, 0.2) is 64.8 Å². The summed E-state index contributed by atoms with van der Waals surface area (Å²) in [5.41, 5.74) is 1.30. The van der Waals surface area contributed by atoms with Crippen molar-refractivity contribution in [3.05, 3.63) is 54.7 Å². The fourth-order valence-electron chi connectivity index (χ4n) is 2.92. The van der Waals surface area contributed by atoms with Gasteiger partial charge in [-0.05, 0) is 18.2 Å². The summed E-state index contributed by atoms with van der Waals surface area (Å²) >= 11 is 1.60. The summed E-state index contributed by atoms with van der Waals surface area (Å²) in [6.45, 7) is 0.809. The second-order valence-electron chi connectivity index (χ2n) is 6.10. The minimum Gasteiger partial charge on any atom is -0.404 e. The molecular formula is C18H14F3N3O3S2. The predicted molar refractivity (Wildman–Crippen MR) is 102 cm³/mol. The average molecular weight is 441 g/mol. The average Bonchev–Trinajstić information content (AvgIpc) is 3.23. The first-order chi connectivity index (χ1) is 13.7. The van der Waals surface area contributed by atoms with Crippen LogP contribution >= 0.6 is 11.8 Å². The summed E-state index contributed by atoms with van der Waals surface area (Å²) in [7, 11) is -4.36. The number of aromatic nitrogens is 2. The van der Waals surface area contributed by atoms with Crippen molar-refractivity contribution >= 4 is 27.5 Å². The van der Waals surface area contributed by atoms with Crippen molar-refractivity contribution in [2.45, 2.75) is 23.0 Å². The van der Waals surface area contributed by atoms with Gasteiger partial charge in [0.05, 0.1) is 11.4 Å². The molecule has 0 saturated carbocycles. The number of rotatable bonds is 5. The molecule has 1 aliphatic rings. The topological polar surface area (TPSA) is 73.2 Å². The van der Waals surface area contributed by atoms with Gasteiger partial charge in [-0.1, -0.05) is 42.1 Å². The maximum atomic E-state index is 12.8. The van der Waals surface area contributed by atoms with Crippen LogP contribution in [0.25, 0.3) is 11.3 Å². The van der Waals surface area contributed by atoms with Gasteiger partial charge >= 0.3 is 6.36 Å². The van der Waals surface area contributed by atoms with Gasteiger partial charge < -0.3 is 9.30 Å². The number of benzene rings is 2. The van der Waals surface area contributed by atoms with Crippen molar-refractivity contribution < 1.29 is 26.3 Å². The van der Waals surface area contributed by atoms with E-state index in [4.69, 9.17) is 0 Å². The number of hydrogen-bond acceptors (Lipinski definition) is 5. The SMILES string of the molecule is O=S(=O)(Nc1ccccc1-c1cn2c(n1)SCC2)c1ccccc1OC(F)(F)F. The standard InChI is InChI=1S/C18H14F3N3O3S2/c19-18(20,21)27-15-7-3-4-8-16(15)29(25,26)23-13-6-2-1-5-12(13)14-11-24-9-10-28-17(24)22-14/h1-8,11,23H,9-10H2. The van der Waals surface area contributed by atoms with Gasteiger partial charge in [-0.25, -0.2) is 13.4 Å². The van der Waals surface area contributed by atoms with Crippen molar-refractivity contribution in [1.82, 2.24) is 9.55 Å². The minimum atomic E-state index is -5.02. The predicted octanol–water partition coefficient (Wildman–Crippen LogP) is 4.36. The van der Waals surface area contributed by atoms with Crippen LogP contribution < -0.4 is 9.46 Å². The first kappa shape index (κ1) is 19.6. The zero-order valence-corrected chi connectivity index (χ0v) is 16.3. The van der Waals surface area contributed by atoms with Crippen molar-refractivity contribution in [2.75, 3.05) is 10.5 Å². The normalized spacial score (nSPS) is 13.9. The first-order valence-electron chi connectivity index (χ1n) is 8.40. The van der Waals surface area contributed by atoms with E-state index in [0.29, 0.717) is 11.3 Å². The van der Waals surface area contributed by atoms with Gasteiger partial charge in [0.2, 0.25) is 0 Å². The molecule has 6 nitrogen and oxygen atoms in total. The van der Waals surface area contributed by atoms with Crippen LogP contribution in [0.4, 0.5) is 18.9 Å². The Morgan fingerprint density at radius 3 is 2.59 bits per heavy atom. The Labute approximate surface area is 168 Å². The molecule has 152 valence electrons. The van der Waals surface area contributed by atoms with Crippen molar-refractivity contribution in [1.29, 1.82) is 0 Å². The Kier molecular flexibility index (Phi) is 4.95. The molecule has 2 aromatic carbocycles. The Morgan fingerprint density at radius 1 is 1.10 bits per heavy atom. The van der Waals surface area contributed by atoms with Gasteiger partial charge in [-0.2, -0.15) is 0 Å². The second-order valence-corrected chi connectivity index (χ2v) is 8.81. The fourth-order valence-corrected chi connectivity index (χ4v) is 5.07. The molecule has 0 bridgehead atoms. The Bertz CT molecular complexity index is 1140. The molecule has 1 aliphatic heterocycles. The maximum Gasteiger partial charge on any atom is 0.573 e. The zero-order valence-electron chi connectivity index (χ0n) is 14.7. The maximum absolute atomic E-state index is 12.8. The van der Waals surface area contributed by atoms with E-state index in [-0.39, 0.29) is 5.69 Å². The molecule has 0 unspecified atom stereocenters. The molecular weight excluding hydrogens is 427 g/mol. The van der Waals surface area contributed by atoms with Crippen molar-refractivity contribution in [3.63, 3.8) is 0 Å². The molecule has 2 heterocycles. The highest BCUT2D eigenvalue weighted by Gasteiger charge is 2.34. The molecule has 0 amide bonds. The molecule has 0 atom stereocenters. The monoisotopic (exact) mass is 441 g/mol. The van der Waals surface area contributed by atoms with Crippen molar-refractivity contribution in [2.24, 2.45) is 0 Å². The lowest BCUT2D eigenvalue weighted by Crippen LogP contribution is -2.21. The number of imidazole rings is 1. The molecule has 0 spiro atoms. The number of thioether (sulfide) groups is 1. The number of aryl methyl sites for hydroxylation is 1. The summed E-state index contributed by atoms with van der Waals surface area (Å²) in [5, 5.41) is 0.835. The number of nitrogens with one attached hydrogen (secondary N) is 1. The number of para-hydroxylation sites is 2. The lowest BCUT2D eigenvalue weighted by molar-refractivity contribution is -0.275. The highest BCUT2D eigenvalue weighted by Crippen LogP contribution is 2.35. The molecule has 1 N–H and O–H groups in total. The van der Waals surface area contributed by atoms with Crippen LogP contribution in [0.3, 0.4) is 0 Å². The Morgan fingerprint density at radius 2 is 1.83 bits per heavy atom. The second kappa shape index (κ2) is 7.30. The van der Waals surface area contributed by atoms with Gasteiger partial charge in [-0.3, -0.25) is 4.72 Å². The summed E-state index contributed by atoms with van der Waals surface area (Å²) in [6, 6.07) is 11.2. The summed E-state index contributed by atoms with van der Waals surface area (Å²) in [5.74, 6) is 0.120. The Hall–Kier alpha value is -2.66. The van der Waals surface area contributed by atoms with Crippen LogP contribution in [0.2, 0.25) is 0 Å². The first-order valence-corrected chi connectivity index (χ1v) is 10.9. The van der Waals surface area contributed by atoms with Crippen LogP contribution in [0, 0.1) is 0 Å². The fraction of sp³-hybridized carbons (Fsp3) is 0.167. The van der Waals surface area contributed by atoms with Crippen molar-refractivity contribution in [3.8, 4) is 17.0 Å². The van der Waals surface area contributed by atoms with E-state index < -0.39 is 27.0 Å². The highest BCUT2D eigenvalue weighted by atomic mass is 32.2. The number of ether oxygens (including phenoxy) is 1. The van der Waals surface area contributed by atoms with Gasteiger partial charge in [0.15, 0.2) is 5.16 Å². The number of anilines is 1. The zero-order chi connectivity index (χ0) is 20.6. The van der Waals surface area contributed by atoms with Crippen LogP contribution in [-0.2, 0) is 16.6 Å². The third-order valence-corrected chi connectivity index (χ3v) is 6.49. The molecule has 0 radical (unpaired) electrons. The molecule has 0 fully saturated rings. The van der Waals surface area contributed by atoms with Crippen LogP contribution in [0.5, 0.6) is 5.75 Å². The number of sulfonamides is 1. The molecule has 4 rings (SSSR count).